The van der Waals surface area contributed by atoms with Crippen molar-refractivity contribution >= 4 is 5.91 Å². The lowest BCUT2D eigenvalue weighted by Crippen LogP contribution is -2.32. The van der Waals surface area contributed by atoms with Crippen molar-refractivity contribution in [1.29, 1.82) is 0 Å². The average Bonchev–Trinajstić information content (AvgIpc) is 3.27. The quantitative estimate of drug-likeness (QED) is 0.807. The summed E-state index contributed by atoms with van der Waals surface area (Å²) < 4.78 is 2.30. The maximum atomic E-state index is 13.0. The number of fused-ring (bicyclic) bond motifs is 1. The van der Waals surface area contributed by atoms with E-state index in [4.69, 9.17) is 0 Å². The molecule has 1 aromatic carbocycles. The number of benzene rings is 1. The Labute approximate surface area is 161 Å². The normalized spacial score (nSPS) is 19.7. The number of likely N-dealkylation sites (tertiary alicyclic amines) is 1. The van der Waals surface area contributed by atoms with E-state index in [0.29, 0.717) is 6.42 Å². The molecule has 5 nitrogen and oxygen atoms in total. The van der Waals surface area contributed by atoms with E-state index in [1.54, 1.807) is 0 Å². The Balaban J connectivity index is 1.43. The Bertz CT molecular complexity index is 780. The summed E-state index contributed by atoms with van der Waals surface area (Å²) in [5.41, 5.74) is 2.59. The van der Waals surface area contributed by atoms with Crippen molar-refractivity contribution in [3.05, 3.63) is 47.0 Å². The average molecular weight is 367 g/mol. The van der Waals surface area contributed by atoms with E-state index in [0.717, 1.165) is 56.8 Å². The van der Waals surface area contributed by atoms with Crippen molar-refractivity contribution in [1.82, 2.24) is 19.7 Å². The van der Waals surface area contributed by atoms with Gasteiger partial charge in [-0.25, -0.2) is 0 Å². The Morgan fingerprint density at radius 1 is 1.04 bits per heavy atom. The van der Waals surface area contributed by atoms with Crippen LogP contribution in [0.15, 0.2) is 24.3 Å². The number of carbonyl (C=O) groups excluding carboxylic acids is 1. The number of nitrogens with zero attached hydrogens (tertiary/aromatic N) is 4. The van der Waals surface area contributed by atoms with Crippen LogP contribution in [0.1, 0.15) is 74.3 Å². The molecule has 1 unspecified atom stereocenters. The lowest BCUT2D eigenvalue weighted by atomic mass is 10.1. The van der Waals surface area contributed by atoms with Crippen LogP contribution < -0.4 is 0 Å². The van der Waals surface area contributed by atoms with Crippen molar-refractivity contribution < 1.29 is 4.79 Å². The van der Waals surface area contributed by atoms with Crippen LogP contribution in [0.25, 0.3) is 0 Å². The van der Waals surface area contributed by atoms with E-state index < -0.39 is 0 Å². The lowest BCUT2D eigenvalue weighted by molar-refractivity contribution is -0.132. The summed E-state index contributed by atoms with van der Waals surface area (Å²) in [7, 11) is 0. The van der Waals surface area contributed by atoms with Gasteiger partial charge in [-0.05, 0) is 49.7 Å². The zero-order chi connectivity index (χ0) is 18.6. The maximum Gasteiger partial charge on any atom is 0.223 e. The molecule has 2 aliphatic heterocycles. The standard InChI is InChI=1S/C22H30N4O/c1-2-17-9-11-18(12-10-17)13-14-21(27)25-16-6-7-19(25)22-24-23-20-8-4-3-5-15-26(20)22/h9-12,19H,2-8,13-16H2,1H3. The smallest absolute Gasteiger partial charge is 0.223 e. The molecule has 4 rings (SSSR count). The van der Waals surface area contributed by atoms with Crippen molar-refractivity contribution in [2.45, 2.75) is 77.3 Å². The molecule has 1 amide bonds. The number of hydrogen-bond donors (Lipinski definition) is 0. The fourth-order valence-corrected chi connectivity index (χ4v) is 4.42. The van der Waals surface area contributed by atoms with E-state index in [1.165, 1.54) is 30.4 Å². The minimum absolute atomic E-state index is 0.110. The summed E-state index contributed by atoms with van der Waals surface area (Å²) in [5, 5.41) is 8.95. The minimum Gasteiger partial charge on any atom is -0.332 e. The van der Waals surface area contributed by atoms with Crippen LogP contribution >= 0.6 is 0 Å². The summed E-state index contributed by atoms with van der Waals surface area (Å²) >= 11 is 0. The highest BCUT2D eigenvalue weighted by Crippen LogP contribution is 2.33. The number of hydrogen-bond acceptors (Lipinski definition) is 3. The van der Waals surface area contributed by atoms with Crippen molar-refractivity contribution in [3.8, 4) is 0 Å². The van der Waals surface area contributed by atoms with Crippen molar-refractivity contribution in [3.63, 3.8) is 0 Å². The molecule has 1 fully saturated rings. The van der Waals surface area contributed by atoms with Gasteiger partial charge in [0.05, 0.1) is 6.04 Å². The first-order chi connectivity index (χ1) is 13.3. The second-order valence-electron chi connectivity index (χ2n) is 7.85. The number of rotatable bonds is 5. The topological polar surface area (TPSA) is 51.0 Å². The van der Waals surface area contributed by atoms with Crippen LogP contribution in [-0.2, 0) is 30.6 Å². The first-order valence-corrected chi connectivity index (χ1v) is 10.6. The zero-order valence-electron chi connectivity index (χ0n) is 16.4. The van der Waals surface area contributed by atoms with Gasteiger partial charge in [0, 0.05) is 25.9 Å². The summed E-state index contributed by atoms with van der Waals surface area (Å²) in [6.07, 6.45) is 9.16. The molecular weight excluding hydrogens is 336 g/mol. The van der Waals surface area contributed by atoms with Gasteiger partial charge in [-0.15, -0.1) is 10.2 Å². The maximum absolute atomic E-state index is 13.0. The van der Waals surface area contributed by atoms with Gasteiger partial charge in [-0.1, -0.05) is 37.6 Å². The molecule has 1 saturated heterocycles. The third-order valence-electron chi connectivity index (χ3n) is 6.07. The third-order valence-corrected chi connectivity index (χ3v) is 6.07. The molecule has 0 aliphatic carbocycles. The van der Waals surface area contributed by atoms with Crippen molar-refractivity contribution in [2.75, 3.05) is 6.54 Å². The molecule has 1 atom stereocenters. The SMILES string of the molecule is CCc1ccc(CCC(=O)N2CCCC2c2nnc3n2CCCCC3)cc1. The van der Waals surface area contributed by atoms with Gasteiger partial charge < -0.3 is 9.47 Å². The molecule has 0 N–H and O–H groups in total. The Hall–Kier alpha value is -2.17. The fourth-order valence-electron chi connectivity index (χ4n) is 4.42. The number of aryl methyl sites for hydroxylation is 3. The van der Waals surface area contributed by atoms with E-state index in [1.807, 2.05) is 0 Å². The minimum atomic E-state index is 0.110. The third kappa shape index (κ3) is 3.92. The molecular formula is C22H30N4O. The molecule has 0 spiro atoms. The van der Waals surface area contributed by atoms with Gasteiger partial charge in [0.25, 0.3) is 0 Å². The zero-order valence-corrected chi connectivity index (χ0v) is 16.4. The van der Waals surface area contributed by atoms with Gasteiger partial charge in [0.2, 0.25) is 5.91 Å². The predicted octanol–water partition coefficient (Wildman–Crippen LogP) is 3.86. The highest BCUT2D eigenvalue weighted by Gasteiger charge is 2.34. The van der Waals surface area contributed by atoms with E-state index >= 15 is 0 Å². The van der Waals surface area contributed by atoms with Crippen LogP contribution in [0.3, 0.4) is 0 Å². The van der Waals surface area contributed by atoms with Gasteiger partial charge in [0.1, 0.15) is 5.82 Å². The van der Waals surface area contributed by atoms with Crippen molar-refractivity contribution in [2.24, 2.45) is 0 Å². The summed E-state index contributed by atoms with van der Waals surface area (Å²) in [6.45, 7) is 4.01. The molecule has 0 radical (unpaired) electrons. The second-order valence-corrected chi connectivity index (χ2v) is 7.85. The predicted molar refractivity (Wildman–Crippen MR) is 105 cm³/mol. The molecule has 0 bridgehead atoms. The van der Waals surface area contributed by atoms with Crippen LogP contribution in [0.2, 0.25) is 0 Å². The Morgan fingerprint density at radius 3 is 2.67 bits per heavy atom. The van der Waals surface area contributed by atoms with Crippen LogP contribution in [0.5, 0.6) is 0 Å². The van der Waals surface area contributed by atoms with Gasteiger partial charge in [-0.2, -0.15) is 0 Å². The van der Waals surface area contributed by atoms with Gasteiger partial charge in [0.15, 0.2) is 5.82 Å². The van der Waals surface area contributed by atoms with Gasteiger partial charge >= 0.3 is 0 Å². The Morgan fingerprint density at radius 2 is 1.85 bits per heavy atom. The number of carbonyl (C=O) groups is 1. The van der Waals surface area contributed by atoms with E-state index in [-0.39, 0.29) is 11.9 Å². The summed E-state index contributed by atoms with van der Waals surface area (Å²) in [6, 6.07) is 8.77. The summed E-state index contributed by atoms with van der Waals surface area (Å²) in [4.78, 5) is 15.0. The first-order valence-electron chi connectivity index (χ1n) is 10.6. The van der Waals surface area contributed by atoms with Crippen LogP contribution in [0.4, 0.5) is 0 Å². The molecule has 1 aromatic heterocycles. The fraction of sp³-hybridized carbons (Fsp3) is 0.591. The summed E-state index contributed by atoms with van der Waals surface area (Å²) in [5.74, 6) is 2.38. The molecule has 2 aromatic rings. The molecule has 0 saturated carbocycles. The molecule has 3 heterocycles. The molecule has 27 heavy (non-hydrogen) atoms. The monoisotopic (exact) mass is 366 g/mol. The molecule has 144 valence electrons. The Kier molecular flexibility index (Phi) is 5.55. The highest BCUT2D eigenvalue weighted by molar-refractivity contribution is 5.77. The highest BCUT2D eigenvalue weighted by atomic mass is 16.2. The van der Waals surface area contributed by atoms with E-state index in [2.05, 4.69) is 50.9 Å². The molecule has 2 aliphatic rings. The second kappa shape index (κ2) is 8.24. The van der Waals surface area contributed by atoms with Crippen LogP contribution in [0, 0.1) is 0 Å². The van der Waals surface area contributed by atoms with Crippen LogP contribution in [-0.4, -0.2) is 32.1 Å². The largest absolute Gasteiger partial charge is 0.332 e. The first kappa shape index (κ1) is 18.2. The number of amides is 1. The molecule has 5 heteroatoms. The van der Waals surface area contributed by atoms with Gasteiger partial charge in [-0.3, -0.25) is 4.79 Å². The lowest BCUT2D eigenvalue weighted by Gasteiger charge is -2.25. The van der Waals surface area contributed by atoms with E-state index in [9.17, 15) is 4.79 Å². The number of aromatic nitrogens is 3.